The lowest BCUT2D eigenvalue weighted by Gasteiger charge is -2.10. The van der Waals surface area contributed by atoms with Gasteiger partial charge in [0.1, 0.15) is 17.9 Å². The standard InChI is InChI=1S/C15H9ClFIN2O/c16-15-19-7-10-12(6-11(18)13(17)14(10)20-15)21-8-9-4-2-1-3-5-9/h1-7H,8H2. The summed E-state index contributed by atoms with van der Waals surface area (Å²) in [6.45, 7) is 0.389. The third kappa shape index (κ3) is 3.08. The highest BCUT2D eigenvalue weighted by molar-refractivity contribution is 14.1. The van der Waals surface area contributed by atoms with Gasteiger partial charge in [-0.25, -0.2) is 14.4 Å². The topological polar surface area (TPSA) is 35.0 Å². The molecule has 0 fully saturated rings. The van der Waals surface area contributed by atoms with Crippen LogP contribution in [0.5, 0.6) is 5.75 Å². The van der Waals surface area contributed by atoms with E-state index in [4.69, 9.17) is 16.3 Å². The average Bonchev–Trinajstić information content (AvgIpc) is 2.50. The summed E-state index contributed by atoms with van der Waals surface area (Å²) in [4.78, 5) is 7.85. The maximum atomic E-state index is 14.1. The fourth-order valence-corrected chi connectivity index (χ4v) is 2.60. The molecule has 0 N–H and O–H groups in total. The molecule has 3 nitrogen and oxygen atoms in total. The van der Waals surface area contributed by atoms with Crippen LogP contribution >= 0.6 is 34.2 Å². The van der Waals surface area contributed by atoms with Crippen molar-refractivity contribution in [2.75, 3.05) is 0 Å². The molecule has 0 aliphatic carbocycles. The fraction of sp³-hybridized carbons (Fsp3) is 0.0667. The van der Waals surface area contributed by atoms with Gasteiger partial charge in [-0.1, -0.05) is 30.3 Å². The van der Waals surface area contributed by atoms with Gasteiger partial charge in [0.15, 0.2) is 5.82 Å². The average molecular weight is 415 g/mol. The van der Waals surface area contributed by atoms with Crippen molar-refractivity contribution in [2.24, 2.45) is 0 Å². The predicted octanol–water partition coefficient (Wildman–Crippen LogP) is 4.61. The summed E-state index contributed by atoms with van der Waals surface area (Å²) < 4.78 is 20.3. The SMILES string of the molecule is Fc1c(I)cc(OCc2ccccc2)c2cnc(Cl)nc12. The van der Waals surface area contributed by atoms with Gasteiger partial charge < -0.3 is 4.74 Å². The van der Waals surface area contributed by atoms with Crippen LogP contribution in [0.15, 0.2) is 42.6 Å². The molecule has 0 atom stereocenters. The molecule has 0 amide bonds. The van der Waals surface area contributed by atoms with E-state index in [1.54, 1.807) is 6.07 Å². The summed E-state index contributed by atoms with van der Waals surface area (Å²) in [5.74, 6) is 0.123. The lowest BCUT2D eigenvalue weighted by Crippen LogP contribution is -1.99. The first kappa shape index (κ1) is 14.5. The molecule has 0 saturated carbocycles. The van der Waals surface area contributed by atoms with E-state index in [0.717, 1.165) is 5.56 Å². The summed E-state index contributed by atoms with van der Waals surface area (Å²) in [7, 11) is 0. The number of benzene rings is 2. The second-order valence-corrected chi connectivity index (χ2v) is 5.85. The van der Waals surface area contributed by atoms with Gasteiger partial charge in [0.25, 0.3) is 0 Å². The first-order valence-corrected chi connectivity index (χ1v) is 7.58. The van der Waals surface area contributed by atoms with E-state index in [9.17, 15) is 4.39 Å². The van der Waals surface area contributed by atoms with Crippen LogP contribution in [0.1, 0.15) is 5.56 Å². The number of fused-ring (bicyclic) bond motifs is 1. The second-order valence-electron chi connectivity index (χ2n) is 4.35. The molecule has 0 aliphatic rings. The van der Waals surface area contributed by atoms with Crippen LogP contribution in [-0.4, -0.2) is 9.97 Å². The number of nitrogens with zero attached hydrogens (tertiary/aromatic N) is 2. The quantitative estimate of drug-likeness (QED) is 0.464. The molecule has 0 unspecified atom stereocenters. The summed E-state index contributed by atoms with van der Waals surface area (Å²) >= 11 is 7.64. The van der Waals surface area contributed by atoms with E-state index in [1.807, 2.05) is 52.9 Å². The Hall–Kier alpha value is -1.47. The molecular formula is C15H9ClFIN2O. The molecule has 0 bridgehead atoms. The zero-order valence-electron chi connectivity index (χ0n) is 10.7. The molecule has 3 aromatic rings. The molecule has 0 spiro atoms. The molecule has 106 valence electrons. The van der Waals surface area contributed by atoms with E-state index in [1.165, 1.54) is 6.20 Å². The number of hydrogen-bond acceptors (Lipinski definition) is 3. The van der Waals surface area contributed by atoms with Crippen LogP contribution in [0.3, 0.4) is 0 Å². The molecule has 1 heterocycles. The third-order valence-corrected chi connectivity index (χ3v) is 3.90. The molecule has 0 radical (unpaired) electrons. The van der Waals surface area contributed by atoms with Gasteiger partial charge in [-0.15, -0.1) is 0 Å². The van der Waals surface area contributed by atoms with Gasteiger partial charge in [0, 0.05) is 6.20 Å². The molecular weight excluding hydrogens is 406 g/mol. The fourth-order valence-electron chi connectivity index (χ4n) is 1.93. The largest absolute Gasteiger partial charge is 0.488 e. The Morgan fingerprint density at radius 2 is 2.00 bits per heavy atom. The zero-order chi connectivity index (χ0) is 14.8. The number of ether oxygens (including phenoxy) is 1. The van der Waals surface area contributed by atoms with Crippen LogP contribution in [0.2, 0.25) is 5.28 Å². The van der Waals surface area contributed by atoms with E-state index in [0.29, 0.717) is 21.3 Å². The van der Waals surface area contributed by atoms with Gasteiger partial charge in [-0.05, 0) is 45.8 Å². The molecule has 1 aromatic heterocycles. The van der Waals surface area contributed by atoms with E-state index in [-0.39, 0.29) is 10.8 Å². The van der Waals surface area contributed by atoms with Crippen LogP contribution in [-0.2, 0) is 6.61 Å². The lowest BCUT2D eigenvalue weighted by atomic mass is 10.2. The normalized spacial score (nSPS) is 10.8. The van der Waals surface area contributed by atoms with Crippen molar-refractivity contribution in [2.45, 2.75) is 6.61 Å². The molecule has 6 heteroatoms. The van der Waals surface area contributed by atoms with Gasteiger partial charge in [0.2, 0.25) is 5.28 Å². The van der Waals surface area contributed by atoms with E-state index < -0.39 is 5.82 Å². The molecule has 2 aromatic carbocycles. The molecule has 21 heavy (non-hydrogen) atoms. The van der Waals surface area contributed by atoms with Crippen molar-refractivity contribution in [3.05, 3.63) is 62.8 Å². The van der Waals surface area contributed by atoms with Crippen LogP contribution in [0.4, 0.5) is 4.39 Å². The Bertz CT molecular complexity index is 799. The minimum absolute atomic E-state index is 0.0115. The van der Waals surface area contributed by atoms with Crippen LogP contribution in [0, 0.1) is 9.39 Å². The highest BCUT2D eigenvalue weighted by atomic mass is 127. The van der Waals surface area contributed by atoms with Gasteiger partial charge >= 0.3 is 0 Å². The minimum atomic E-state index is -0.415. The Labute approximate surface area is 139 Å². The second kappa shape index (κ2) is 6.11. The summed E-state index contributed by atoms with van der Waals surface area (Å²) in [5, 5.41) is 0.519. The van der Waals surface area contributed by atoms with Crippen molar-refractivity contribution < 1.29 is 9.13 Å². The Kier molecular flexibility index (Phi) is 4.21. The number of halogens is 3. The lowest BCUT2D eigenvalue weighted by molar-refractivity contribution is 0.309. The zero-order valence-corrected chi connectivity index (χ0v) is 13.6. The Balaban J connectivity index is 2.00. The van der Waals surface area contributed by atoms with Crippen molar-refractivity contribution >= 4 is 45.1 Å². The first-order valence-electron chi connectivity index (χ1n) is 6.12. The molecule has 3 rings (SSSR count). The van der Waals surface area contributed by atoms with Gasteiger partial charge in [-0.2, -0.15) is 0 Å². The van der Waals surface area contributed by atoms with Gasteiger partial charge in [-0.3, -0.25) is 0 Å². The smallest absolute Gasteiger partial charge is 0.223 e. The highest BCUT2D eigenvalue weighted by Gasteiger charge is 2.14. The monoisotopic (exact) mass is 414 g/mol. The summed E-state index contributed by atoms with van der Waals surface area (Å²) in [6.07, 6.45) is 1.48. The molecule has 0 aliphatic heterocycles. The van der Waals surface area contributed by atoms with Crippen molar-refractivity contribution in [1.82, 2.24) is 9.97 Å². The maximum absolute atomic E-state index is 14.1. The maximum Gasteiger partial charge on any atom is 0.223 e. The van der Waals surface area contributed by atoms with Crippen molar-refractivity contribution in [3.8, 4) is 5.75 Å². The number of hydrogen-bond donors (Lipinski definition) is 0. The van der Waals surface area contributed by atoms with Crippen LogP contribution < -0.4 is 4.74 Å². The first-order chi connectivity index (χ1) is 10.1. The molecule has 0 saturated heterocycles. The predicted molar refractivity (Wildman–Crippen MR) is 88.0 cm³/mol. The van der Waals surface area contributed by atoms with Crippen molar-refractivity contribution in [1.29, 1.82) is 0 Å². The van der Waals surface area contributed by atoms with Crippen molar-refractivity contribution in [3.63, 3.8) is 0 Å². The van der Waals surface area contributed by atoms with Crippen LogP contribution in [0.25, 0.3) is 10.9 Å². The van der Waals surface area contributed by atoms with E-state index in [2.05, 4.69) is 9.97 Å². The minimum Gasteiger partial charge on any atom is -0.488 e. The summed E-state index contributed by atoms with van der Waals surface area (Å²) in [6, 6.07) is 11.4. The third-order valence-electron chi connectivity index (χ3n) is 2.94. The Morgan fingerprint density at radius 1 is 1.24 bits per heavy atom. The van der Waals surface area contributed by atoms with E-state index >= 15 is 0 Å². The number of aromatic nitrogens is 2. The van der Waals surface area contributed by atoms with Gasteiger partial charge in [0.05, 0.1) is 8.96 Å². The number of rotatable bonds is 3. The Morgan fingerprint density at radius 3 is 2.76 bits per heavy atom. The summed E-state index contributed by atoms with van der Waals surface area (Å²) in [5.41, 5.74) is 1.20. The highest BCUT2D eigenvalue weighted by Crippen LogP contribution is 2.31.